The number of hydrogen-bond acceptors (Lipinski definition) is 5. The summed E-state index contributed by atoms with van der Waals surface area (Å²) in [4.78, 5) is 15.4. The Bertz CT molecular complexity index is 473. The van der Waals surface area contributed by atoms with Crippen LogP contribution in [-0.2, 0) is 0 Å². The lowest BCUT2D eigenvalue weighted by molar-refractivity contribution is 0.102. The molecule has 0 aromatic carbocycles. The molecule has 1 N–H and O–H groups in total. The monoisotopic (exact) mass is 240 g/mol. The van der Waals surface area contributed by atoms with E-state index >= 15 is 0 Å². The van der Waals surface area contributed by atoms with Gasteiger partial charge in [-0.1, -0.05) is 11.3 Å². The summed E-state index contributed by atoms with van der Waals surface area (Å²) in [6.45, 7) is 0. The molecule has 15 heavy (non-hydrogen) atoms. The van der Waals surface area contributed by atoms with Crippen molar-refractivity contribution in [1.29, 1.82) is 0 Å². The Labute approximate surface area is 94.1 Å². The zero-order chi connectivity index (χ0) is 10.7. The third-order valence-corrected chi connectivity index (χ3v) is 2.53. The number of anilines is 1. The Morgan fingerprint density at radius 3 is 2.93 bits per heavy atom. The molecule has 0 spiro atoms. The first kappa shape index (κ1) is 10.0. The van der Waals surface area contributed by atoms with E-state index in [1.54, 1.807) is 24.5 Å². The maximum atomic E-state index is 11.5. The van der Waals surface area contributed by atoms with Crippen LogP contribution in [0.2, 0.25) is 4.47 Å². The lowest BCUT2D eigenvalue weighted by Gasteiger charge is -1.99. The van der Waals surface area contributed by atoms with Crippen molar-refractivity contribution in [2.45, 2.75) is 0 Å². The van der Waals surface area contributed by atoms with Crippen LogP contribution in [-0.4, -0.2) is 21.1 Å². The molecule has 5 nitrogen and oxygen atoms in total. The number of nitrogens with zero attached hydrogens (tertiary/aromatic N) is 3. The van der Waals surface area contributed by atoms with Gasteiger partial charge >= 0.3 is 0 Å². The fourth-order valence-corrected chi connectivity index (χ4v) is 1.64. The number of pyridine rings is 1. The molecular formula is C8H5ClN4OS. The molecule has 2 aromatic heterocycles. The minimum absolute atomic E-state index is 0.226. The maximum absolute atomic E-state index is 11.5. The third kappa shape index (κ3) is 2.48. The molecule has 2 rings (SSSR count). The molecular weight excluding hydrogens is 236 g/mol. The number of carbonyl (C=O) groups excluding carboxylic acids is 1. The Morgan fingerprint density at radius 1 is 1.47 bits per heavy atom. The Morgan fingerprint density at radius 2 is 2.33 bits per heavy atom. The van der Waals surface area contributed by atoms with E-state index in [0.29, 0.717) is 5.69 Å². The molecule has 0 unspecified atom stereocenters. The standard InChI is InChI=1S/C8H5ClN4OS/c9-8-13-12-7(15-8)6(14)11-5-2-1-3-10-4-5/h1-4H,(H,11,14). The lowest BCUT2D eigenvalue weighted by Crippen LogP contribution is -2.11. The summed E-state index contributed by atoms with van der Waals surface area (Å²) in [5, 5.41) is 10.00. The summed E-state index contributed by atoms with van der Waals surface area (Å²) in [5.41, 5.74) is 0.605. The van der Waals surface area contributed by atoms with Gasteiger partial charge in [-0.25, -0.2) is 0 Å². The second kappa shape index (κ2) is 4.33. The number of rotatable bonds is 2. The number of halogens is 1. The highest BCUT2D eigenvalue weighted by atomic mass is 35.5. The van der Waals surface area contributed by atoms with Crippen LogP contribution < -0.4 is 5.32 Å². The van der Waals surface area contributed by atoms with Gasteiger partial charge in [0.2, 0.25) is 9.47 Å². The molecule has 0 radical (unpaired) electrons. The molecule has 2 heterocycles. The van der Waals surface area contributed by atoms with E-state index in [9.17, 15) is 4.79 Å². The molecule has 0 fully saturated rings. The predicted molar refractivity (Wildman–Crippen MR) is 57.1 cm³/mol. The molecule has 0 aliphatic carbocycles. The zero-order valence-corrected chi connectivity index (χ0v) is 8.92. The van der Waals surface area contributed by atoms with Gasteiger partial charge in [0, 0.05) is 6.20 Å². The lowest BCUT2D eigenvalue weighted by atomic mass is 10.4. The van der Waals surface area contributed by atoms with Crippen molar-refractivity contribution in [1.82, 2.24) is 15.2 Å². The van der Waals surface area contributed by atoms with E-state index in [0.717, 1.165) is 11.3 Å². The van der Waals surface area contributed by atoms with Gasteiger partial charge < -0.3 is 5.32 Å². The fourth-order valence-electron chi connectivity index (χ4n) is 0.918. The second-order valence-corrected chi connectivity index (χ2v) is 4.12. The molecule has 76 valence electrons. The predicted octanol–water partition coefficient (Wildman–Crippen LogP) is 1.84. The minimum atomic E-state index is -0.340. The van der Waals surface area contributed by atoms with Crippen molar-refractivity contribution >= 4 is 34.5 Å². The first-order valence-electron chi connectivity index (χ1n) is 3.96. The van der Waals surface area contributed by atoms with Gasteiger partial charge in [-0.3, -0.25) is 9.78 Å². The van der Waals surface area contributed by atoms with Gasteiger partial charge in [0.25, 0.3) is 5.91 Å². The van der Waals surface area contributed by atoms with Crippen molar-refractivity contribution < 1.29 is 4.79 Å². The van der Waals surface area contributed by atoms with Crippen LogP contribution in [0.5, 0.6) is 0 Å². The van der Waals surface area contributed by atoms with E-state index in [-0.39, 0.29) is 15.4 Å². The quantitative estimate of drug-likeness (QED) is 0.870. The molecule has 1 amide bonds. The highest BCUT2D eigenvalue weighted by Gasteiger charge is 2.11. The van der Waals surface area contributed by atoms with Crippen molar-refractivity contribution in [3.63, 3.8) is 0 Å². The largest absolute Gasteiger partial charge is 0.318 e. The van der Waals surface area contributed by atoms with E-state index in [4.69, 9.17) is 11.6 Å². The molecule has 0 atom stereocenters. The first-order valence-corrected chi connectivity index (χ1v) is 5.15. The molecule has 0 aliphatic rings. The van der Waals surface area contributed by atoms with Crippen molar-refractivity contribution in [3.05, 3.63) is 34.0 Å². The van der Waals surface area contributed by atoms with Crippen LogP contribution in [0.25, 0.3) is 0 Å². The van der Waals surface area contributed by atoms with Gasteiger partial charge in [-0.15, -0.1) is 10.2 Å². The van der Waals surface area contributed by atoms with Crippen LogP contribution in [0.15, 0.2) is 24.5 Å². The minimum Gasteiger partial charge on any atom is -0.318 e. The number of hydrogen-bond donors (Lipinski definition) is 1. The van der Waals surface area contributed by atoms with Crippen LogP contribution >= 0.6 is 22.9 Å². The molecule has 7 heteroatoms. The second-order valence-electron chi connectivity index (χ2n) is 2.56. The fraction of sp³-hybridized carbons (Fsp3) is 0. The summed E-state index contributed by atoms with van der Waals surface area (Å²) in [6, 6.07) is 3.45. The zero-order valence-electron chi connectivity index (χ0n) is 7.35. The van der Waals surface area contributed by atoms with Gasteiger partial charge in [0.05, 0.1) is 11.9 Å². The average Bonchev–Trinajstić information content (AvgIpc) is 2.66. The smallest absolute Gasteiger partial charge is 0.286 e. The van der Waals surface area contributed by atoms with Gasteiger partial charge in [0.1, 0.15) is 0 Å². The number of nitrogens with one attached hydrogen (secondary N) is 1. The van der Waals surface area contributed by atoms with E-state index in [1.165, 1.54) is 0 Å². The summed E-state index contributed by atoms with van der Waals surface area (Å²) in [7, 11) is 0. The molecule has 0 saturated heterocycles. The molecule has 0 bridgehead atoms. The Kier molecular flexibility index (Phi) is 2.89. The highest BCUT2D eigenvalue weighted by Crippen LogP contribution is 2.16. The van der Waals surface area contributed by atoms with Crippen LogP contribution in [0.1, 0.15) is 9.80 Å². The summed E-state index contributed by atoms with van der Waals surface area (Å²) in [5.74, 6) is -0.340. The van der Waals surface area contributed by atoms with Crippen molar-refractivity contribution in [2.24, 2.45) is 0 Å². The first-order chi connectivity index (χ1) is 7.25. The summed E-state index contributed by atoms with van der Waals surface area (Å²) < 4.78 is 0.242. The van der Waals surface area contributed by atoms with Gasteiger partial charge in [0.15, 0.2) is 0 Å². The topological polar surface area (TPSA) is 67.8 Å². The maximum Gasteiger partial charge on any atom is 0.286 e. The molecule has 2 aromatic rings. The Balaban J connectivity index is 2.11. The molecule has 0 saturated carbocycles. The summed E-state index contributed by atoms with van der Waals surface area (Å²) >= 11 is 6.59. The van der Waals surface area contributed by atoms with Crippen LogP contribution in [0.3, 0.4) is 0 Å². The number of carbonyl (C=O) groups is 1. The molecule has 0 aliphatic heterocycles. The van der Waals surface area contributed by atoms with Gasteiger partial charge in [-0.2, -0.15) is 0 Å². The summed E-state index contributed by atoms with van der Waals surface area (Å²) in [6.07, 6.45) is 3.16. The van der Waals surface area contributed by atoms with Crippen molar-refractivity contribution in [3.8, 4) is 0 Å². The van der Waals surface area contributed by atoms with Crippen LogP contribution in [0.4, 0.5) is 5.69 Å². The van der Waals surface area contributed by atoms with E-state index in [2.05, 4.69) is 20.5 Å². The number of aromatic nitrogens is 3. The Hall–Kier alpha value is -1.53. The normalized spacial score (nSPS) is 9.93. The van der Waals surface area contributed by atoms with Gasteiger partial charge in [-0.05, 0) is 23.7 Å². The number of amides is 1. The van der Waals surface area contributed by atoms with Crippen LogP contribution in [0, 0.1) is 0 Å². The third-order valence-electron chi connectivity index (χ3n) is 1.51. The SMILES string of the molecule is O=C(Nc1cccnc1)c1nnc(Cl)s1. The van der Waals surface area contributed by atoms with E-state index < -0.39 is 0 Å². The average molecular weight is 241 g/mol. The van der Waals surface area contributed by atoms with E-state index in [1.807, 2.05) is 0 Å². The van der Waals surface area contributed by atoms with Crippen molar-refractivity contribution in [2.75, 3.05) is 5.32 Å². The highest BCUT2D eigenvalue weighted by molar-refractivity contribution is 7.17.